The lowest BCUT2D eigenvalue weighted by molar-refractivity contribution is 0.0469. The van der Waals surface area contributed by atoms with Gasteiger partial charge in [0, 0.05) is 46.8 Å². The van der Waals surface area contributed by atoms with Crippen LogP contribution in [0.2, 0.25) is 0 Å². The summed E-state index contributed by atoms with van der Waals surface area (Å²) in [5.41, 5.74) is 0. The number of halogens is 1. The van der Waals surface area contributed by atoms with Crippen LogP contribution in [-0.4, -0.2) is 70.3 Å². The molecule has 2 rings (SSSR count). The molecule has 198 valence electrons. The molecule has 11 heteroatoms. The van der Waals surface area contributed by atoms with E-state index < -0.39 is 6.09 Å². The van der Waals surface area contributed by atoms with Crippen LogP contribution in [0.15, 0.2) is 30.0 Å². The molecule has 0 atom stereocenters. The number of hydrogen-bond acceptors (Lipinski definition) is 9. The highest BCUT2D eigenvalue weighted by atomic mass is 35.5. The maximum absolute atomic E-state index is 11.9. The number of allylic oxidation sites excluding steroid dienone is 1. The van der Waals surface area contributed by atoms with Gasteiger partial charge in [-0.25, -0.2) is 4.79 Å². The molecule has 0 fully saturated rings. The Labute approximate surface area is 226 Å². The lowest BCUT2D eigenvalue weighted by Crippen LogP contribution is -2.31. The molecule has 0 saturated carbocycles. The minimum Gasteiger partial charge on any atom is -0.499 e. The fourth-order valence-corrected chi connectivity index (χ4v) is 5.25. The van der Waals surface area contributed by atoms with Gasteiger partial charge in [0.05, 0.1) is 31.4 Å². The Balaban J connectivity index is 1.53. The number of nitriles is 1. The first-order valence-corrected chi connectivity index (χ1v) is 14.0. The smallest absolute Gasteiger partial charge is 0.407 e. The molecule has 0 saturated heterocycles. The molecule has 0 aliphatic carbocycles. The number of amides is 1. The Hall–Kier alpha value is -2.29. The van der Waals surface area contributed by atoms with Gasteiger partial charge in [0.1, 0.15) is 12.7 Å². The van der Waals surface area contributed by atoms with Crippen LogP contribution in [-0.2, 0) is 14.2 Å². The van der Waals surface area contributed by atoms with E-state index in [4.69, 9.17) is 31.1 Å². The summed E-state index contributed by atoms with van der Waals surface area (Å²) in [4.78, 5) is 16.8. The number of likely N-dealkylation sites (N-methyl/N-ethyl adjacent to an activating group) is 1. The molecule has 2 heterocycles. The number of alkyl carbamates (subject to hydrolysis) is 1. The van der Waals surface area contributed by atoms with Crippen LogP contribution in [0.25, 0.3) is 15.8 Å². The summed E-state index contributed by atoms with van der Waals surface area (Å²) in [6.07, 6.45) is 5.36. The van der Waals surface area contributed by atoms with E-state index in [-0.39, 0.29) is 12.4 Å². The average Bonchev–Trinajstić information content (AvgIpc) is 3.54. The lowest BCUT2D eigenvalue weighted by Gasteiger charge is -2.17. The molecular formula is C25H34ClN3O5S2. The number of alkyl halides is 1. The fraction of sp³-hybridized carbons (Fsp3) is 0.520. The number of thiophene rings is 2. The lowest BCUT2D eigenvalue weighted by atomic mass is 10.2. The van der Waals surface area contributed by atoms with Crippen molar-refractivity contribution < 1.29 is 24.1 Å². The highest BCUT2D eigenvalue weighted by Crippen LogP contribution is 2.37. The summed E-state index contributed by atoms with van der Waals surface area (Å²) in [6.45, 7) is 3.38. The summed E-state index contributed by atoms with van der Waals surface area (Å²) in [6, 6.07) is 9.59. The first kappa shape index (κ1) is 29.9. The van der Waals surface area contributed by atoms with Gasteiger partial charge in [-0.2, -0.15) is 5.26 Å². The Morgan fingerprint density at radius 3 is 2.56 bits per heavy atom. The Morgan fingerprint density at radius 2 is 1.78 bits per heavy atom. The summed E-state index contributed by atoms with van der Waals surface area (Å²) in [7, 11) is 1.94. The van der Waals surface area contributed by atoms with Crippen molar-refractivity contribution in [3.05, 3.63) is 34.9 Å². The second-order valence-electron chi connectivity index (χ2n) is 7.79. The van der Waals surface area contributed by atoms with Gasteiger partial charge in [-0.15, -0.1) is 34.3 Å². The van der Waals surface area contributed by atoms with Gasteiger partial charge in [-0.1, -0.05) is 12.8 Å². The zero-order chi connectivity index (χ0) is 26.0. The van der Waals surface area contributed by atoms with E-state index in [0.717, 1.165) is 57.8 Å². The summed E-state index contributed by atoms with van der Waals surface area (Å²) in [5, 5.41) is 21.8. The summed E-state index contributed by atoms with van der Waals surface area (Å²) >= 11 is 8.76. The number of carbonyl (C=O) groups is 1. The topological polar surface area (TPSA) is 104 Å². The van der Waals surface area contributed by atoms with Gasteiger partial charge >= 0.3 is 6.09 Å². The molecule has 8 nitrogen and oxygen atoms in total. The zero-order valence-electron chi connectivity index (χ0n) is 20.5. The number of aliphatic hydroxyl groups is 1. The Morgan fingerprint density at radius 1 is 1.06 bits per heavy atom. The van der Waals surface area contributed by atoms with Crippen LogP contribution in [0, 0.1) is 11.3 Å². The maximum Gasteiger partial charge on any atom is 0.407 e. The van der Waals surface area contributed by atoms with Gasteiger partial charge < -0.3 is 29.5 Å². The molecule has 2 aromatic heterocycles. The van der Waals surface area contributed by atoms with E-state index in [1.807, 2.05) is 36.2 Å². The maximum atomic E-state index is 11.9. The van der Waals surface area contributed by atoms with Crippen molar-refractivity contribution in [3.8, 4) is 15.8 Å². The average molecular weight is 556 g/mol. The Kier molecular flexibility index (Phi) is 15.0. The Bertz CT molecular complexity index is 973. The number of nitrogens with zero attached hydrogens (tertiary/aromatic N) is 2. The van der Waals surface area contributed by atoms with Gasteiger partial charge in [-0.3, -0.25) is 0 Å². The van der Waals surface area contributed by atoms with E-state index in [1.54, 1.807) is 17.4 Å². The number of aliphatic hydroxyl groups excluding tert-OH is 1. The van der Waals surface area contributed by atoms with E-state index in [0.29, 0.717) is 32.9 Å². The first-order chi connectivity index (χ1) is 17.5. The number of hydrogen-bond donors (Lipinski definition) is 2. The molecule has 0 radical (unpaired) electrons. The summed E-state index contributed by atoms with van der Waals surface area (Å²) in [5.74, 6) is 0.413. The van der Waals surface area contributed by atoms with Crippen LogP contribution >= 0.6 is 34.3 Å². The summed E-state index contributed by atoms with van der Waals surface area (Å²) < 4.78 is 16.2. The second-order valence-corrected chi connectivity index (χ2v) is 10.3. The molecule has 0 bridgehead atoms. The van der Waals surface area contributed by atoms with E-state index >= 15 is 0 Å². The predicted octanol–water partition coefficient (Wildman–Crippen LogP) is 5.89. The molecule has 1 amide bonds. The second kappa shape index (κ2) is 18.0. The van der Waals surface area contributed by atoms with Crippen molar-refractivity contribution in [3.63, 3.8) is 0 Å². The van der Waals surface area contributed by atoms with Gasteiger partial charge in [0.15, 0.2) is 5.76 Å². The molecule has 0 spiro atoms. The van der Waals surface area contributed by atoms with Crippen LogP contribution < -0.4 is 10.2 Å². The number of ether oxygens (including phenoxy) is 3. The van der Waals surface area contributed by atoms with Crippen molar-refractivity contribution in [1.82, 2.24) is 5.32 Å². The van der Waals surface area contributed by atoms with Crippen molar-refractivity contribution in [2.45, 2.75) is 25.7 Å². The van der Waals surface area contributed by atoms with Crippen LogP contribution in [0.4, 0.5) is 9.80 Å². The van der Waals surface area contributed by atoms with Crippen LogP contribution in [0.3, 0.4) is 0 Å². The third-order valence-corrected chi connectivity index (χ3v) is 7.65. The highest BCUT2D eigenvalue weighted by molar-refractivity contribution is 7.24. The third-order valence-electron chi connectivity index (χ3n) is 4.95. The van der Waals surface area contributed by atoms with E-state index in [2.05, 4.69) is 5.32 Å². The minimum absolute atomic E-state index is 0.260. The molecular weight excluding hydrogens is 522 g/mol. The van der Waals surface area contributed by atoms with Gasteiger partial charge in [-0.05, 0) is 37.1 Å². The standard InChI is InChI=1S/C25H34ClN3O5S2/c1-29(24-9-8-23(36-24)22-7-6-21(35-22)18-20(30)19-27)12-15-34-25(31)28-11-14-33-17-16-32-13-5-3-2-4-10-26/h6-9,18,30H,2-5,10-17H2,1H3,(H,28,31)/b20-18+. The van der Waals surface area contributed by atoms with Crippen LogP contribution in [0.5, 0.6) is 0 Å². The van der Waals surface area contributed by atoms with Crippen LogP contribution in [0.1, 0.15) is 30.6 Å². The molecule has 0 aliphatic rings. The van der Waals surface area contributed by atoms with Crippen molar-refractivity contribution in [2.24, 2.45) is 0 Å². The molecule has 0 unspecified atom stereocenters. The largest absolute Gasteiger partial charge is 0.499 e. The van der Waals surface area contributed by atoms with Gasteiger partial charge in [0.25, 0.3) is 0 Å². The van der Waals surface area contributed by atoms with E-state index in [1.165, 1.54) is 17.4 Å². The number of anilines is 1. The normalized spacial score (nSPS) is 11.3. The molecule has 2 aromatic rings. The monoisotopic (exact) mass is 555 g/mol. The predicted molar refractivity (Wildman–Crippen MR) is 147 cm³/mol. The number of unbranched alkanes of at least 4 members (excludes halogenated alkanes) is 3. The molecule has 36 heavy (non-hydrogen) atoms. The zero-order valence-corrected chi connectivity index (χ0v) is 22.9. The SMILES string of the molecule is CN(CCOC(=O)NCCOCCOCCCCCCCl)c1ccc(-c2ccc(/C=C(/O)C#N)s2)s1. The quantitative estimate of drug-likeness (QED) is 0.0776. The van der Waals surface area contributed by atoms with Crippen molar-refractivity contribution in [1.29, 1.82) is 5.26 Å². The highest BCUT2D eigenvalue weighted by Gasteiger charge is 2.10. The third kappa shape index (κ3) is 12.1. The van der Waals surface area contributed by atoms with Crippen molar-refractivity contribution >= 4 is 51.4 Å². The van der Waals surface area contributed by atoms with Gasteiger partial charge in [0.2, 0.25) is 0 Å². The fourth-order valence-electron chi connectivity index (χ4n) is 3.03. The molecule has 0 aliphatic heterocycles. The van der Waals surface area contributed by atoms with E-state index in [9.17, 15) is 9.90 Å². The number of carbonyl (C=O) groups excluding carboxylic acids is 1. The molecule has 2 N–H and O–H groups in total. The number of nitrogens with one attached hydrogen (secondary N) is 1. The first-order valence-electron chi connectivity index (χ1n) is 11.9. The molecule has 0 aromatic carbocycles. The number of rotatable bonds is 18. The van der Waals surface area contributed by atoms with Crippen molar-refractivity contribution in [2.75, 3.05) is 64.0 Å². The minimum atomic E-state index is -0.466.